The number of hydrogen-bond donors (Lipinski definition) is 3. The van der Waals surface area contributed by atoms with Gasteiger partial charge in [-0.3, -0.25) is 9.59 Å². The molecule has 1 atom stereocenters. The van der Waals surface area contributed by atoms with E-state index in [4.69, 9.17) is 0 Å². The van der Waals surface area contributed by atoms with Gasteiger partial charge in [-0.15, -0.1) is 0 Å². The van der Waals surface area contributed by atoms with Crippen LogP contribution in [0, 0.1) is 18.6 Å². The molecule has 2 rings (SSSR count). The summed E-state index contributed by atoms with van der Waals surface area (Å²) in [6.45, 7) is 2.69. The summed E-state index contributed by atoms with van der Waals surface area (Å²) >= 11 is 0. The van der Waals surface area contributed by atoms with Gasteiger partial charge in [0.25, 0.3) is 5.91 Å². The number of amides is 2. The molecule has 0 saturated carbocycles. The Morgan fingerprint density at radius 3 is 2.46 bits per heavy atom. The largest absolute Gasteiger partial charge is 0.342 e. The summed E-state index contributed by atoms with van der Waals surface area (Å²) in [6, 6.07) is 11.0. The van der Waals surface area contributed by atoms with Crippen molar-refractivity contribution < 1.29 is 23.3 Å². The Kier molecular flexibility index (Phi) is 6.80. The van der Waals surface area contributed by atoms with Gasteiger partial charge in [0.15, 0.2) is 18.2 Å². The van der Waals surface area contributed by atoms with Crippen molar-refractivity contribution in [3.63, 3.8) is 0 Å². The van der Waals surface area contributed by atoms with Crippen molar-refractivity contribution in [3.05, 3.63) is 65.2 Å². The Hall–Kier alpha value is -2.80. The molecule has 0 bridgehead atoms. The number of nitrogens with one attached hydrogen (secondary N) is 3. The van der Waals surface area contributed by atoms with Gasteiger partial charge in [-0.05, 0) is 24.6 Å². The van der Waals surface area contributed by atoms with E-state index in [1.165, 1.54) is 6.07 Å². The first-order chi connectivity index (χ1) is 12.3. The fourth-order valence-corrected chi connectivity index (χ4v) is 2.49. The molecule has 2 amide bonds. The topological polar surface area (TPSA) is 62.6 Å². The first kappa shape index (κ1) is 19.5. The lowest BCUT2D eigenvalue weighted by Gasteiger charge is -2.15. The Morgan fingerprint density at radius 1 is 1.04 bits per heavy atom. The Bertz CT molecular complexity index is 796. The van der Waals surface area contributed by atoms with E-state index in [0.717, 1.165) is 28.2 Å². The molecule has 2 aromatic carbocycles. The lowest BCUT2D eigenvalue weighted by Crippen LogP contribution is -3.09. The molecule has 26 heavy (non-hydrogen) atoms. The zero-order valence-corrected chi connectivity index (χ0v) is 14.7. The number of benzene rings is 2. The third-order valence-electron chi connectivity index (χ3n) is 3.87. The predicted octanol–water partition coefficient (Wildman–Crippen LogP) is 1.04. The van der Waals surface area contributed by atoms with Crippen LogP contribution in [0.1, 0.15) is 11.1 Å². The molecule has 2 aromatic rings. The molecular weight excluding hydrogens is 340 g/mol. The van der Waals surface area contributed by atoms with E-state index in [2.05, 4.69) is 10.6 Å². The van der Waals surface area contributed by atoms with E-state index in [1.807, 2.05) is 38.2 Å². The van der Waals surface area contributed by atoms with E-state index < -0.39 is 17.5 Å². The minimum atomic E-state index is -1.05. The van der Waals surface area contributed by atoms with Gasteiger partial charge in [0, 0.05) is 17.3 Å². The summed E-state index contributed by atoms with van der Waals surface area (Å²) in [7, 11) is 1.90. The average Bonchev–Trinajstić information content (AvgIpc) is 2.58. The normalized spacial score (nSPS) is 11.7. The quantitative estimate of drug-likeness (QED) is 0.689. The summed E-state index contributed by atoms with van der Waals surface area (Å²) in [4.78, 5) is 24.7. The molecule has 5 nitrogen and oxygen atoms in total. The van der Waals surface area contributed by atoms with Crippen molar-refractivity contribution in [2.24, 2.45) is 0 Å². The predicted molar refractivity (Wildman–Crippen MR) is 94.6 cm³/mol. The molecule has 0 aromatic heterocycles. The molecule has 0 aliphatic carbocycles. The summed E-state index contributed by atoms with van der Waals surface area (Å²) in [5.74, 6) is -2.82. The van der Waals surface area contributed by atoms with E-state index in [1.54, 1.807) is 0 Å². The summed E-state index contributed by atoms with van der Waals surface area (Å²) in [6.07, 6.45) is 0. The van der Waals surface area contributed by atoms with Crippen LogP contribution >= 0.6 is 0 Å². The number of carbonyl (C=O) groups is 2. The zero-order chi connectivity index (χ0) is 19.1. The molecule has 0 fully saturated rings. The average molecular weight is 362 g/mol. The number of carbonyl (C=O) groups excluding carboxylic acids is 2. The molecule has 0 aliphatic rings. The van der Waals surface area contributed by atoms with Crippen molar-refractivity contribution in [1.29, 1.82) is 0 Å². The minimum Gasteiger partial charge on any atom is -0.342 e. The number of quaternary nitrogens is 1. The Labute approximate surface area is 151 Å². The van der Waals surface area contributed by atoms with Crippen molar-refractivity contribution in [2.45, 2.75) is 13.5 Å². The van der Waals surface area contributed by atoms with Crippen LogP contribution in [-0.2, 0) is 16.1 Å². The molecule has 0 aliphatic heterocycles. The molecule has 0 spiro atoms. The van der Waals surface area contributed by atoms with Gasteiger partial charge in [-0.1, -0.05) is 24.3 Å². The summed E-state index contributed by atoms with van der Waals surface area (Å²) in [5, 5.41) is 4.92. The number of likely N-dealkylation sites (N-methyl/N-ethyl adjacent to an activating group) is 1. The molecule has 0 heterocycles. The second kappa shape index (κ2) is 9.05. The molecule has 3 N–H and O–H groups in total. The summed E-state index contributed by atoms with van der Waals surface area (Å²) < 4.78 is 25.9. The first-order valence-electron chi connectivity index (χ1n) is 8.22. The van der Waals surface area contributed by atoms with Crippen molar-refractivity contribution >= 4 is 17.5 Å². The van der Waals surface area contributed by atoms with Gasteiger partial charge >= 0.3 is 0 Å². The fraction of sp³-hybridized carbons (Fsp3) is 0.263. The maximum absolute atomic E-state index is 13.1. The minimum absolute atomic E-state index is 0.130. The maximum atomic E-state index is 13.1. The highest BCUT2D eigenvalue weighted by atomic mass is 19.2. The van der Waals surface area contributed by atoms with Crippen molar-refractivity contribution in [1.82, 2.24) is 5.32 Å². The highest BCUT2D eigenvalue weighted by molar-refractivity contribution is 5.94. The highest BCUT2D eigenvalue weighted by Crippen LogP contribution is 2.12. The van der Waals surface area contributed by atoms with Gasteiger partial charge in [-0.25, -0.2) is 8.78 Å². The molecule has 1 unspecified atom stereocenters. The highest BCUT2D eigenvalue weighted by Gasteiger charge is 2.13. The van der Waals surface area contributed by atoms with E-state index >= 15 is 0 Å². The lowest BCUT2D eigenvalue weighted by molar-refractivity contribution is -0.885. The third-order valence-corrected chi connectivity index (χ3v) is 3.87. The van der Waals surface area contributed by atoms with Crippen LogP contribution in [0.2, 0.25) is 0 Å². The Morgan fingerprint density at radius 2 is 1.77 bits per heavy atom. The van der Waals surface area contributed by atoms with Crippen LogP contribution in [0.3, 0.4) is 0 Å². The van der Waals surface area contributed by atoms with Crippen LogP contribution in [-0.4, -0.2) is 32.0 Å². The van der Waals surface area contributed by atoms with Gasteiger partial charge in [0.1, 0.15) is 6.54 Å². The maximum Gasteiger partial charge on any atom is 0.275 e. The smallest absolute Gasteiger partial charge is 0.275 e. The molecule has 138 valence electrons. The van der Waals surface area contributed by atoms with E-state index in [-0.39, 0.29) is 24.7 Å². The van der Waals surface area contributed by atoms with Crippen LogP contribution in [0.25, 0.3) is 0 Å². The molecule has 0 radical (unpaired) electrons. The Balaban J connectivity index is 1.76. The number of rotatable bonds is 7. The number of aryl methyl sites for hydroxylation is 1. The lowest BCUT2D eigenvalue weighted by atomic mass is 10.1. The number of hydrogen-bond acceptors (Lipinski definition) is 2. The molecule has 7 heteroatoms. The standard InChI is InChI=1S/C19H21F2N3O2/c1-13-5-3-4-6-14(13)11-24(2)12-19(26)22-10-18(25)23-15-7-8-16(20)17(21)9-15/h3-9H,10-12H2,1-2H3,(H,22,26)(H,23,25)/p+1. The monoisotopic (exact) mass is 362 g/mol. The third kappa shape index (κ3) is 5.93. The second-order valence-corrected chi connectivity index (χ2v) is 6.19. The van der Waals surface area contributed by atoms with E-state index in [0.29, 0.717) is 6.54 Å². The number of halogens is 2. The summed E-state index contributed by atoms with van der Waals surface area (Å²) in [5.41, 5.74) is 2.46. The van der Waals surface area contributed by atoms with Crippen LogP contribution < -0.4 is 15.5 Å². The van der Waals surface area contributed by atoms with Gasteiger partial charge in [-0.2, -0.15) is 0 Å². The zero-order valence-electron chi connectivity index (χ0n) is 14.7. The van der Waals surface area contributed by atoms with Gasteiger partial charge < -0.3 is 15.5 Å². The molecular formula is C19H22F2N3O2+. The fourth-order valence-electron chi connectivity index (χ4n) is 2.49. The van der Waals surface area contributed by atoms with Crippen LogP contribution in [0.4, 0.5) is 14.5 Å². The molecule has 0 saturated heterocycles. The van der Waals surface area contributed by atoms with Crippen molar-refractivity contribution in [2.75, 3.05) is 25.5 Å². The van der Waals surface area contributed by atoms with Gasteiger partial charge in [0.2, 0.25) is 5.91 Å². The van der Waals surface area contributed by atoms with Crippen molar-refractivity contribution in [3.8, 4) is 0 Å². The van der Waals surface area contributed by atoms with E-state index in [9.17, 15) is 18.4 Å². The SMILES string of the molecule is Cc1ccccc1C[NH+](C)CC(=O)NCC(=O)Nc1ccc(F)c(F)c1. The number of anilines is 1. The van der Waals surface area contributed by atoms with Crippen LogP contribution in [0.5, 0.6) is 0 Å². The first-order valence-corrected chi connectivity index (χ1v) is 8.22. The second-order valence-electron chi connectivity index (χ2n) is 6.19. The van der Waals surface area contributed by atoms with Crippen LogP contribution in [0.15, 0.2) is 42.5 Å². The van der Waals surface area contributed by atoms with Gasteiger partial charge in [0.05, 0.1) is 13.6 Å².